The lowest BCUT2D eigenvalue weighted by Gasteiger charge is -2.42. The lowest BCUT2D eigenvalue weighted by atomic mass is 9.87. The molecule has 0 radical (unpaired) electrons. The van der Waals surface area contributed by atoms with Gasteiger partial charge in [-0.15, -0.1) is 0 Å². The third-order valence-electron chi connectivity index (χ3n) is 3.86. The van der Waals surface area contributed by atoms with E-state index in [1.54, 1.807) is 7.11 Å². The Balaban J connectivity index is 1.95. The molecule has 86 valence electrons. The van der Waals surface area contributed by atoms with Crippen LogP contribution in [-0.2, 0) is 9.53 Å². The number of hydrogen-bond donors (Lipinski definition) is 1. The van der Waals surface area contributed by atoms with E-state index in [9.17, 15) is 9.90 Å². The third kappa shape index (κ3) is 1.88. The molecule has 4 nitrogen and oxygen atoms in total. The van der Waals surface area contributed by atoms with E-state index in [2.05, 4.69) is 4.90 Å². The molecule has 0 spiro atoms. The summed E-state index contributed by atoms with van der Waals surface area (Å²) < 4.78 is 5.22. The molecule has 0 amide bonds. The summed E-state index contributed by atoms with van der Waals surface area (Å²) in [5.41, 5.74) is 0. The molecular formula is C11H19NO3. The highest BCUT2D eigenvalue weighted by Crippen LogP contribution is 2.35. The number of nitrogens with zero attached hydrogens (tertiary/aromatic N) is 1. The summed E-state index contributed by atoms with van der Waals surface area (Å²) in [7, 11) is 1.72. The standard InChI is InChI=1S/C11H19NO3/c1-7-3-4-12(10(7)11(13)14)8-5-9(6-8)15-2/h7-10H,3-6H2,1-2H3,(H,13,14). The van der Waals surface area contributed by atoms with E-state index >= 15 is 0 Å². The van der Waals surface area contributed by atoms with Crippen molar-refractivity contribution in [3.63, 3.8) is 0 Å². The molecule has 2 unspecified atom stereocenters. The van der Waals surface area contributed by atoms with Gasteiger partial charge in [-0.05, 0) is 31.7 Å². The summed E-state index contributed by atoms with van der Waals surface area (Å²) in [6.45, 7) is 2.96. The van der Waals surface area contributed by atoms with Gasteiger partial charge in [0, 0.05) is 13.2 Å². The van der Waals surface area contributed by atoms with Gasteiger partial charge in [-0.1, -0.05) is 6.92 Å². The Morgan fingerprint density at radius 3 is 2.67 bits per heavy atom. The smallest absolute Gasteiger partial charge is 0.321 e. The molecule has 0 aromatic heterocycles. The molecule has 1 saturated heterocycles. The molecule has 1 N–H and O–H groups in total. The fraction of sp³-hybridized carbons (Fsp3) is 0.909. The van der Waals surface area contributed by atoms with E-state index in [-0.39, 0.29) is 12.0 Å². The fourth-order valence-electron chi connectivity index (χ4n) is 2.77. The number of likely N-dealkylation sites (tertiary alicyclic amines) is 1. The van der Waals surface area contributed by atoms with Crippen molar-refractivity contribution in [1.29, 1.82) is 0 Å². The second-order valence-corrected chi connectivity index (χ2v) is 4.77. The van der Waals surface area contributed by atoms with Crippen LogP contribution in [-0.4, -0.2) is 47.8 Å². The minimum absolute atomic E-state index is 0.271. The van der Waals surface area contributed by atoms with Gasteiger partial charge in [-0.25, -0.2) is 0 Å². The Kier molecular flexibility index (Phi) is 2.98. The first-order chi connectivity index (χ1) is 7.13. The molecule has 15 heavy (non-hydrogen) atoms. The maximum atomic E-state index is 11.1. The van der Waals surface area contributed by atoms with Crippen molar-refractivity contribution in [2.45, 2.75) is 44.4 Å². The minimum Gasteiger partial charge on any atom is -0.480 e. The molecular weight excluding hydrogens is 194 g/mol. The van der Waals surface area contributed by atoms with Gasteiger partial charge >= 0.3 is 5.97 Å². The van der Waals surface area contributed by atoms with Crippen LogP contribution >= 0.6 is 0 Å². The molecule has 0 aromatic rings. The maximum absolute atomic E-state index is 11.1. The number of rotatable bonds is 3. The highest BCUT2D eigenvalue weighted by Gasteiger charge is 2.44. The second-order valence-electron chi connectivity index (χ2n) is 4.77. The van der Waals surface area contributed by atoms with Crippen LogP contribution in [0.15, 0.2) is 0 Å². The fourth-order valence-corrected chi connectivity index (χ4v) is 2.77. The van der Waals surface area contributed by atoms with Crippen molar-refractivity contribution in [3.05, 3.63) is 0 Å². The Morgan fingerprint density at radius 2 is 2.13 bits per heavy atom. The van der Waals surface area contributed by atoms with Gasteiger partial charge in [0.1, 0.15) is 6.04 Å². The molecule has 2 aliphatic rings. The summed E-state index contributed by atoms with van der Waals surface area (Å²) in [6, 6.07) is 0.161. The van der Waals surface area contributed by atoms with Crippen LogP contribution in [0.2, 0.25) is 0 Å². The molecule has 0 aromatic carbocycles. The largest absolute Gasteiger partial charge is 0.480 e. The van der Waals surface area contributed by atoms with Crippen LogP contribution in [0.5, 0.6) is 0 Å². The first-order valence-corrected chi connectivity index (χ1v) is 5.64. The Labute approximate surface area is 90.2 Å². The SMILES string of the molecule is COC1CC(N2CCC(C)C2C(=O)O)C1. The Morgan fingerprint density at radius 1 is 1.47 bits per heavy atom. The van der Waals surface area contributed by atoms with E-state index in [4.69, 9.17) is 4.74 Å². The molecule has 1 aliphatic carbocycles. The third-order valence-corrected chi connectivity index (χ3v) is 3.86. The number of aliphatic carboxylic acids is 1. The summed E-state index contributed by atoms with van der Waals surface area (Å²) in [5, 5.41) is 9.17. The molecule has 1 saturated carbocycles. The number of carboxylic acid groups (broad SMARTS) is 1. The first kappa shape index (κ1) is 10.9. The molecule has 2 rings (SSSR count). The topological polar surface area (TPSA) is 49.8 Å². The monoisotopic (exact) mass is 213 g/mol. The average Bonchev–Trinajstić information content (AvgIpc) is 2.45. The van der Waals surface area contributed by atoms with Crippen molar-refractivity contribution in [2.24, 2.45) is 5.92 Å². The van der Waals surface area contributed by atoms with Crippen molar-refractivity contribution in [1.82, 2.24) is 4.90 Å². The highest BCUT2D eigenvalue weighted by molar-refractivity contribution is 5.74. The van der Waals surface area contributed by atoms with Crippen molar-refractivity contribution in [2.75, 3.05) is 13.7 Å². The number of methoxy groups -OCH3 is 1. The van der Waals surface area contributed by atoms with Crippen LogP contribution < -0.4 is 0 Å². The van der Waals surface area contributed by atoms with Gasteiger partial charge in [0.15, 0.2) is 0 Å². The summed E-state index contributed by atoms with van der Waals surface area (Å²) >= 11 is 0. The number of ether oxygens (including phenoxy) is 1. The molecule has 1 heterocycles. The van der Waals surface area contributed by atoms with Gasteiger partial charge in [0.25, 0.3) is 0 Å². The van der Waals surface area contributed by atoms with Gasteiger partial charge in [-0.2, -0.15) is 0 Å². The van der Waals surface area contributed by atoms with Crippen LogP contribution in [0.3, 0.4) is 0 Å². The molecule has 1 aliphatic heterocycles. The number of hydrogen-bond acceptors (Lipinski definition) is 3. The predicted molar refractivity (Wildman–Crippen MR) is 55.7 cm³/mol. The maximum Gasteiger partial charge on any atom is 0.321 e. The molecule has 4 heteroatoms. The quantitative estimate of drug-likeness (QED) is 0.758. The predicted octanol–water partition coefficient (Wildman–Crippen LogP) is 0.959. The first-order valence-electron chi connectivity index (χ1n) is 5.64. The van der Waals surface area contributed by atoms with E-state index in [0.29, 0.717) is 12.1 Å². The summed E-state index contributed by atoms with van der Waals surface area (Å²) in [4.78, 5) is 13.3. The lowest BCUT2D eigenvalue weighted by molar-refractivity contribution is -0.146. The van der Waals surface area contributed by atoms with Crippen LogP contribution in [0.1, 0.15) is 26.2 Å². The number of carboxylic acids is 1. The van der Waals surface area contributed by atoms with Crippen LogP contribution in [0.4, 0.5) is 0 Å². The van der Waals surface area contributed by atoms with Crippen molar-refractivity contribution < 1.29 is 14.6 Å². The van der Waals surface area contributed by atoms with E-state index < -0.39 is 5.97 Å². The van der Waals surface area contributed by atoms with Gasteiger partial charge in [0.2, 0.25) is 0 Å². The highest BCUT2D eigenvalue weighted by atomic mass is 16.5. The minimum atomic E-state index is -0.666. The van der Waals surface area contributed by atoms with Gasteiger partial charge in [0.05, 0.1) is 6.10 Å². The Hall–Kier alpha value is -0.610. The van der Waals surface area contributed by atoms with Gasteiger partial charge in [-0.3, -0.25) is 9.69 Å². The number of carbonyl (C=O) groups is 1. The zero-order chi connectivity index (χ0) is 11.0. The molecule has 2 atom stereocenters. The van der Waals surface area contributed by atoms with Crippen molar-refractivity contribution >= 4 is 5.97 Å². The van der Waals surface area contributed by atoms with Crippen LogP contribution in [0.25, 0.3) is 0 Å². The van der Waals surface area contributed by atoms with E-state index in [1.165, 1.54) is 0 Å². The summed E-state index contributed by atoms with van der Waals surface area (Å²) in [6.07, 6.45) is 3.34. The Bertz CT molecular complexity index is 250. The molecule has 2 fully saturated rings. The average molecular weight is 213 g/mol. The van der Waals surface area contributed by atoms with Crippen molar-refractivity contribution in [3.8, 4) is 0 Å². The second kappa shape index (κ2) is 4.10. The lowest BCUT2D eigenvalue weighted by Crippen LogP contribution is -2.52. The molecule has 0 bridgehead atoms. The van der Waals surface area contributed by atoms with Crippen LogP contribution in [0, 0.1) is 5.92 Å². The summed E-state index contributed by atoms with van der Waals surface area (Å²) in [5.74, 6) is -0.384. The van der Waals surface area contributed by atoms with Gasteiger partial charge < -0.3 is 9.84 Å². The zero-order valence-corrected chi connectivity index (χ0v) is 9.35. The zero-order valence-electron chi connectivity index (χ0n) is 9.35. The van der Waals surface area contributed by atoms with E-state index in [1.807, 2.05) is 6.92 Å². The van der Waals surface area contributed by atoms with E-state index in [0.717, 1.165) is 25.8 Å². The normalized spacial score (nSPS) is 41.5.